The average Bonchev–Trinajstić information content (AvgIpc) is 2.66. The number of carbonyl (C=O) groups is 1. The van der Waals surface area contributed by atoms with Crippen molar-refractivity contribution in [1.29, 1.82) is 0 Å². The minimum Gasteiger partial charge on any atom is -0.366 e. The predicted octanol–water partition coefficient (Wildman–Crippen LogP) is 0.254. The van der Waals surface area contributed by atoms with Gasteiger partial charge in [-0.3, -0.25) is 4.79 Å². The zero-order valence-corrected chi connectivity index (χ0v) is 8.98. The molecule has 3 N–H and O–H groups in total. The van der Waals surface area contributed by atoms with E-state index >= 15 is 0 Å². The van der Waals surface area contributed by atoms with Gasteiger partial charge >= 0.3 is 5.82 Å². The van der Waals surface area contributed by atoms with Gasteiger partial charge in [0.2, 0.25) is 5.91 Å². The SMILES string of the molecule is CCNC(=O)C(C)Nc1cn[nH]c1[N+](=O)[O-]. The van der Waals surface area contributed by atoms with Crippen LogP contribution < -0.4 is 10.6 Å². The van der Waals surface area contributed by atoms with Gasteiger partial charge < -0.3 is 20.7 Å². The zero-order valence-electron chi connectivity index (χ0n) is 8.98. The molecular formula is C8H13N5O3. The van der Waals surface area contributed by atoms with Gasteiger partial charge in [-0.1, -0.05) is 5.10 Å². The van der Waals surface area contributed by atoms with Crippen molar-refractivity contribution in [2.75, 3.05) is 11.9 Å². The number of likely N-dealkylation sites (N-methyl/N-ethyl adjacent to an activating group) is 1. The maximum atomic E-state index is 11.4. The normalized spacial score (nSPS) is 11.9. The van der Waals surface area contributed by atoms with Crippen LogP contribution in [0.3, 0.4) is 0 Å². The molecule has 0 aliphatic carbocycles. The number of H-pyrrole nitrogens is 1. The number of aromatic nitrogens is 2. The van der Waals surface area contributed by atoms with Crippen LogP contribution in [0, 0.1) is 10.1 Å². The maximum Gasteiger partial charge on any atom is 0.366 e. The third-order valence-electron chi connectivity index (χ3n) is 1.92. The molecule has 1 atom stereocenters. The Labute approximate surface area is 91.6 Å². The molecule has 1 amide bonds. The monoisotopic (exact) mass is 227 g/mol. The number of rotatable bonds is 5. The predicted molar refractivity (Wildman–Crippen MR) is 57.0 cm³/mol. The third kappa shape index (κ3) is 2.69. The second-order valence-electron chi connectivity index (χ2n) is 3.15. The molecule has 8 nitrogen and oxygen atoms in total. The standard InChI is InChI=1S/C8H13N5O3/c1-3-9-8(14)5(2)11-6-4-10-12-7(6)13(15)16/h4-5,11H,3H2,1-2H3,(H,9,14)(H,10,12). The highest BCUT2D eigenvalue weighted by atomic mass is 16.6. The van der Waals surface area contributed by atoms with E-state index in [2.05, 4.69) is 20.8 Å². The number of hydrogen-bond acceptors (Lipinski definition) is 5. The Morgan fingerprint density at radius 3 is 3.00 bits per heavy atom. The van der Waals surface area contributed by atoms with Crippen LogP contribution in [-0.4, -0.2) is 33.6 Å². The van der Waals surface area contributed by atoms with Crippen molar-refractivity contribution in [3.63, 3.8) is 0 Å². The largest absolute Gasteiger partial charge is 0.366 e. The van der Waals surface area contributed by atoms with E-state index < -0.39 is 11.0 Å². The van der Waals surface area contributed by atoms with Crippen molar-refractivity contribution in [3.05, 3.63) is 16.3 Å². The van der Waals surface area contributed by atoms with Gasteiger partial charge in [-0.25, -0.2) is 0 Å². The fourth-order valence-corrected chi connectivity index (χ4v) is 1.15. The second kappa shape index (κ2) is 5.10. The van der Waals surface area contributed by atoms with Gasteiger partial charge in [0.15, 0.2) is 5.69 Å². The molecule has 1 unspecified atom stereocenters. The molecule has 0 saturated heterocycles. The van der Waals surface area contributed by atoms with Gasteiger partial charge in [0.25, 0.3) is 0 Å². The molecule has 0 aliphatic rings. The van der Waals surface area contributed by atoms with E-state index in [0.717, 1.165) is 0 Å². The quantitative estimate of drug-likeness (QED) is 0.493. The van der Waals surface area contributed by atoms with E-state index in [4.69, 9.17) is 0 Å². The van der Waals surface area contributed by atoms with Crippen LogP contribution in [-0.2, 0) is 4.79 Å². The fraction of sp³-hybridized carbons (Fsp3) is 0.500. The smallest absolute Gasteiger partial charge is 0.366 e. The summed E-state index contributed by atoms with van der Waals surface area (Å²) in [5.41, 5.74) is 0.198. The second-order valence-corrected chi connectivity index (χ2v) is 3.15. The highest BCUT2D eigenvalue weighted by Gasteiger charge is 2.19. The lowest BCUT2D eigenvalue weighted by Gasteiger charge is -2.12. The van der Waals surface area contributed by atoms with Crippen LogP contribution >= 0.6 is 0 Å². The number of carbonyl (C=O) groups excluding carboxylic acids is 1. The topological polar surface area (TPSA) is 113 Å². The molecule has 0 radical (unpaired) electrons. The van der Waals surface area contributed by atoms with Gasteiger partial charge in [-0.2, -0.15) is 0 Å². The van der Waals surface area contributed by atoms with Crippen LogP contribution in [0.4, 0.5) is 11.5 Å². The summed E-state index contributed by atoms with van der Waals surface area (Å²) in [4.78, 5) is 21.3. The van der Waals surface area contributed by atoms with E-state index in [1.54, 1.807) is 13.8 Å². The number of nitrogens with one attached hydrogen (secondary N) is 3. The molecule has 0 bridgehead atoms. The van der Waals surface area contributed by atoms with Gasteiger partial charge in [0, 0.05) is 6.54 Å². The number of hydrogen-bond donors (Lipinski definition) is 3. The molecule has 0 aliphatic heterocycles. The Bertz CT molecular complexity index is 389. The lowest BCUT2D eigenvalue weighted by atomic mass is 10.3. The summed E-state index contributed by atoms with van der Waals surface area (Å²) in [6, 6.07) is -0.559. The van der Waals surface area contributed by atoms with Crippen LogP contribution in [0.25, 0.3) is 0 Å². The third-order valence-corrected chi connectivity index (χ3v) is 1.92. The summed E-state index contributed by atoms with van der Waals surface area (Å²) in [5.74, 6) is -0.478. The minimum absolute atomic E-state index is 0.198. The summed E-state index contributed by atoms with van der Waals surface area (Å²) in [6.45, 7) is 3.92. The molecule has 1 aromatic rings. The molecule has 1 heterocycles. The Kier molecular flexibility index (Phi) is 3.81. The molecule has 0 saturated carbocycles. The Balaban J connectivity index is 2.69. The van der Waals surface area contributed by atoms with Crippen molar-refractivity contribution in [1.82, 2.24) is 15.5 Å². The van der Waals surface area contributed by atoms with Crippen molar-refractivity contribution >= 4 is 17.4 Å². The summed E-state index contributed by atoms with van der Waals surface area (Å²) >= 11 is 0. The summed E-state index contributed by atoms with van der Waals surface area (Å²) in [6.07, 6.45) is 1.27. The summed E-state index contributed by atoms with van der Waals surface area (Å²) < 4.78 is 0. The van der Waals surface area contributed by atoms with Crippen LogP contribution in [0.1, 0.15) is 13.8 Å². The maximum absolute atomic E-state index is 11.4. The van der Waals surface area contributed by atoms with Crippen molar-refractivity contribution in [2.45, 2.75) is 19.9 Å². The summed E-state index contributed by atoms with van der Waals surface area (Å²) in [5, 5.41) is 21.6. The number of nitrogens with zero attached hydrogens (tertiary/aromatic N) is 2. The molecule has 0 spiro atoms. The van der Waals surface area contributed by atoms with Crippen molar-refractivity contribution in [3.8, 4) is 0 Å². The average molecular weight is 227 g/mol. The molecule has 0 aromatic carbocycles. The van der Waals surface area contributed by atoms with E-state index in [1.165, 1.54) is 6.20 Å². The van der Waals surface area contributed by atoms with E-state index in [0.29, 0.717) is 6.54 Å². The molecular weight excluding hydrogens is 214 g/mol. The lowest BCUT2D eigenvalue weighted by Crippen LogP contribution is -2.37. The Morgan fingerprint density at radius 2 is 2.44 bits per heavy atom. The molecule has 1 rings (SSSR count). The lowest BCUT2D eigenvalue weighted by molar-refractivity contribution is -0.388. The number of nitro groups is 1. The van der Waals surface area contributed by atoms with Crippen molar-refractivity contribution in [2.24, 2.45) is 0 Å². The Hall–Kier alpha value is -2.12. The molecule has 8 heteroatoms. The van der Waals surface area contributed by atoms with E-state index in [-0.39, 0.29) is 17.4 Å². The molecule has 16 heavy (non-hydrogen) atoms. The first kappa shape index (κ1) is 12.0. The van der Waals surface area contributed by atoms with E-state index in [9.17, 15) is 14.9 Å². The van der Waals surface area contributed by atoms with Crippen molar-refractivity contribution < 1.29 is 9.72 Å². The van der Waals surface area contributed by atoms with Crippen LogP contribution in [0.15, 0.2) is 6.20 Å². The molecule has 0 fully saturated rings. The fourth-order valence-electron chi connectivity index (χ4n) is 1.15. The van der Waals surface area contributed by atoms with E-state index in [1.807, 2.05) is 0 Å². The first-order chi connectivity index (χ1) is 7.56. The van der Waals surface area contributed by atoms with Gasteiger partial charge in [-0.15, -0.1) is 5.10 Å². The van der Waals surface area contributed by atoms with Crippen LogP contribution in [0.2, 0.25) is 0 Å². The number of anilines is 1. The minimum atomic E-state index is -0.597. The van der Waals surface area contributed by atoms with Gasteiger partial charge in [-0.05, 0) is 18.8 Å². The number of amides is 1. The first-order valence-corrected chi connectivity index (χ1v) is 4.78. The highest BCUT2D eigenvalue weighted by Crippen LogP contribution is 2.20. The molecule has 1 aromatic heterocycles. The number of aromatic amines is 1. The van der Waals surface area contributed by atoms with Gasteiger partial charge in [0.1, 0.15) is 12.2 Å². The highest BCUT2D eigenvalue weighted by molar-refractivity contribution is 5.84. The first-order valence-electron chi connectivity index (χ1n) is 4.78. The van der Waals surface area contributed by atoms with Crippen LogP contribution in [0.5, 0.6) is 0 Å². The van der Waals surface area contributed by atoms with Gasteiger partial charge in [0.05, 0.1) is 0 Å². The molecule has 88 valence electrons. The summed E-state index contributed by atoms with van der Waals surface area (Å²) in [7, 11) is 0. The Morgan fingerprint density at radius 1 is 1.75 bits per heavy atom. The zero-order chi connectivity index (χ0) is 12.1.